The molecule has 2 N–H and O–H groups in total. The van der Waals surface area contributed by atoms with Gasteiger partial charge in [-0.05, 0) is 18.2 Å². The maximum Gasteiger partial charge on any atom is 0.0924 e. The monoisotopic (exact) mass is 241 g/mol. The van der Waals surface area contributed by atoms with Crippen molar-refractivity contribution in [1.29, 1.82) is 0 Å². The smallest absolute Gasteiger partial charge is 0.0924 e. The number of hydrogen-bond acceptors (Lipinski definition) is 2. The molecule has 0 aliphatic heterocycles. The first-order valence-electron chi connectivity index (χ1n) is 4.32. The highest BCUT2D eigenvalue weighted by molar-refractivity contribution is 6.35. The predicted octanol–water partition coefficient (Wildman–Crippen LogP) is 2.98. The standard InChI is InChI=1S/C10H9Cl2N3/c1-15-10(9(13)5-14-15)7-4-6(11)2-3-8(7)12/h2-5H,13H2,1H3. The number of rotatable bonds is 1. The van der Waals surface area contributed by atoms with Gasteiger partial charge in [0.2, 0.25) is 0 Å². The van der Waals surface area contributed by atoms with Crippen molar-refractivity contribution < 1.29 is 0 Å². The van der Waals surface area contributed by atoms with E-state index in [9.17, 15) is 0 Å². The third-order valence-corrected chi connectivity index (χ3v) is 2.72. The number of aromatic nitrogens is 2. The van der Waals surface area contributed by atoms with Crippen LogP contribution in [0.15, 0.2) is 24.4 Å². The van der Waals surface area contributed by atoms with Gasteiger partial charge in [0.25, 0.3) is 0 Å². The van der Waals surface area contributed by atoms with E-state index in [-0.39, 0.29) is 0 Å². The molecule has 0 atom stereocenters. The summed E-state index contributed by atoms with van der Waals surface area (Å²) in [6.45, 7) is 0. The Labute approximate surface area is 97.4 Å². The van der Waals surface area contributed by atoms with Crippen LogP contribution in [0, 0.1) is 0 Å². The van der Waals surface area contributed by atoms with Gasteiger partial charge in [-0.2, -0.15) is 5.10 Å². The molecule has 0 radical (unpaired) electrons. The molecule has 0 spiro atoms. The van der Waals surface area contributed by atoms with Crippen molar-refractivity contribution in [1.82, 2.24) is 9.78 Å². The van der Waals surface area contributed by atoms with Crippen molar-refractivity contribution in [2.75, 3.05) is 5.73 Å². The Hall–Kier alpha value is -1.19. The van der Waals surface area contributed by atoms with Gasteiger partial charge in [-0.25, -0.2) is 0 Å². The summed E-state index contributed by atoms with van der Waals surface area (Å²) >= 11 is 12.0. The van der Waals surface area contributed by atoms with Gasteiger partial charge in [0.1, 0.15) is 0 Å². The van der Waals surface area contributed by atoms with E-state index in [2.05, 4.69) is 5.10 Å². The lowest BCUT2D eigenvalue weighted by atomic mass is 10.1. The number of nitrogens with zero attached hydrogens (tertiary/aromatic N) is 2. The van der Waals surface area contributed by atoms with Gasteiger partial charge in [-0.15, -0.1) is 0 Å². The highest BCUT2D eigenvalue weighted by Gasteiger charge is 2.12. The van der Waals surface area contributed by atoms with Gasteiger partial charge in [0.15, 0.2) is 0 Å². The van der Waals surface area contributed by atoms with E-state index < -0.39 is 0 Å². The Morgan fingerprint density at radius 1 is 1.33 bits per heavy atom. The Bertz CT molecular complexity index is 486. The third kappa shape index (κ3) is 1.80. The van der Waals surface area contributed by atoms with Gasteiger partial charge in [0, 0.05) is 17.6 Å². The minimum atomic E-state index is 0.585. The molecule has 1 heterocycles. The van der Waals surface area contributed by atoms with Crippen molar-refractivity contribution in [2.24, 2.45) is 7.05 Å². The highest BCUT2D eigenvalue weighted by Crippen LogP contribution is 2.33. The predicted molar refractivity (Wildman–Crippen MR) is 63.1 cm³/mol. The maximum atomic E-state index is 6.08. The SMILES string of the molecule is Cn1ncc(N)c1-c1cc(Cl)ccc1Cl. The molecule has 15 heavy (non-hydrogen) atoms. The molecular formula is C10H9Cl2N3. The summed E-state index contributed by atoms with van der Waals surface area (Å²) < 4.78 is 1.67. The summed E-state index contributed by atoms with van der Waals surface area (Å²) in [4.78, 5) is 0. The minimum Gasteiger partial charge on any atom is -0.396 e. The average molecular weight is 242 g/mol. The van der Waals surface area contributed by atoms with Gasteiger partial charge < -0.3 is 5.73 Å². The number of halogens is 2. The molecule has 0 amide bonds. The molecule has 0 saturated heterocycles. The molecule has 2 aromatic rings. The van der Waals surface area contributed by atoms with E-state index in [0.29, 0.717) is 15.7 Å². The van der Waals surface area contributed by atoms with Gasteiger partial charge >= 0.3 is 0 Å². The van der Waals surface area contributed by atoms with Crippen LogP contribution in [0.1, 0.15) is 0 Å². The Morgan fingerprint density at radius 3 is 2.67 bits per heavy atom. The fraction of sp³-hybridized carbons (Fsp3) is 0.100. The van der Waals surface area contributed by atoms with Crippen molar-refractivity contribution in [3.8, 4) is 11.3 Å². The van der Waals surface area contributed by atoms with Crippen LogP contribution >= 0.6 is 23.2 Å². The minimum absolute atomic E-state index is 0.585. The number of hydrogen-bond donors (Lipinski definition) is 1. The number of aryl methyl sites for hydroxylation is 1. The van der Waals surface area contributed by atoms with Crippen LogP contribution in [-0.2, 0) is 7.05 Å². The Kier molecular flexibility index (Phi) is 2.59. The Balaban J connectivity index is 2.68. The van der Waals surface area contributed by atoms with Crippen LogP contribution in [0.25, 0.3) is 11.3 Å². The first-order chi connectivity index (χ1) is 7.09. The van der Waals surface area contributed by atoms with Crippen LogP contribution in [-0.4, -0.2) is 9.78 Å². The molecule has 1 aromatic carbocycles. The van der Waals surface area contributed by atoms with Gasteiger partial charge in [0.05, 0.1) is 22.6 Å². The number of nitrogens with two attached hydrogens (primary N) is 1. The third-order valence-electron chi connectivity index (χ3n) is 2.15. The Morgan fingerprint density at radius 2 is 2.07 bits per heavy atom. The number of nitrogen functional groups attached to an aromatic ring is 1. The molecule has 0 bridgehead atoms. The van der Waals surface area contributed by atoms with Crippen LogP contribution in [0.2, 0.25) is 10.0 Å². The molecule has 0 aliphatic rings. The zero-order chi connectivity index (χ0) is 11.0. The summed E-state index contributed by atoms with van der Waals surface area (Å²) in [6.07, 6.45) is 1.59. The normalized spacial score (nSPS) is 10.6. The van der Waals surface area contributed by atoms with Crippen LogP contribution in [0.5, 0.6) is 0 Å². The summed E-state index contributed by atoms with van der Waals surface area (Å²) in [5.74, 6) is 0. The summed E-state index contributed by atoms with van der Waals surface area (Å²) in [5.41, 5.74) is 7.97. The first-order valence-corrected chi connectivity index (χ1v) is 5.08. The average Bonchev–Trinajstić information content (AvgIpc) is 2.51. The molecule has 0 aliphatic carbocycles. The lowest BCUT2D eigenvalue weighted by Crippen LogP contribution is -1.96. The molecule has 1 aromatic heterocycles. The molecule has 3 nitrogen and oxygen atoms in total. The van der Waals surface area contributed by atoms with E-state index in [1.54, 1.807) is 29.1 Å². The van der Waals surface area contributed by atoms with E-state index in [1.807, 2.05) is 7.05 Å². The van der Waals surface area contributed by atoms with E-state index >= 15 is 0 Å². The second-order valence-corrected chi connectivity index (χ2v) is 4.04. The quantitative estimate of drug-likeness (QED) is 0.835. The first kappa shape index (κ1) is 10.3. The van der Waals surface area contributed by atoms with Crippen LogP contribution < -0.4 is 5.73 Å². The van der Waals surface area contributed by atoms with E-state index in [1.165, 1.54) is 0 Å². The molecule has 2 rings (SSSR count). The molecule has 0 unspecified atom stereocenters. The van der Waals surface area contributed by atoms with Crippen molar-refractivity contribution in [3.63, 3.8) is 0 Å². The van der Waals surface area contributed by atoms with Crippen molar-refractivity contribution in [3.05, 3.63) is 34.4 Å². The lowest BCUT2D eigenvalue weighted by Gasteiger charge is -2.06. The highest BCUT2D eigenvalue weighted by atomic mass is 35.5. The van der Waals surface area contributed by atoms with E-state index in [0.717, 1.165) is 11.3 Å². The zero-order valence-electron chi connectivity index (χ0n) is 8.04. The number of anilines is 1. The summed E-state index contributed by atoms with van der Waals surface area (Å²) in [6, 6.07) is 5.25. The van der Waals surface area contributed by atoms with Crippen molar-refractivity contribution >= 4 is 28.9 Å². The second kappa shape index (κ2) is 3.76. The molecule has 0 saturated carbocycles. The van der Waals surface area contributed by atoms with Crippen LogP contribution in [0.3, 0.4) is 0 Å². The molecule has 5 heteroatoms. The molecular weight excluding hydrogens is 233 g/mol. The fourth-order valence-corrected chi connectivity index (χ4v) is 1.84. The lowest BCUT2D eigenvalue weighted by molar-refractivity contribution is 0.776. The maximum absolute atomic E-state index is 6.08. The summed E-state index contributed by atoms with van der Waals surface area (Å²) in [5, 5.41) is 5.28. The molecule has 78 valence electrons. The summed E-state index contributed by atoms with van der Waals surface area (Å²) in [7, 11) is 1.81. The topological polar surface area (TPSA) is 43.8 Å². The zero-order valence-corrected chi connectivity index (χ0v) is 9.55. The van der Waals surface area contributed by atoms with Crippen molar-refractivity contribution in [2.45, 2.75) is 0 Å². The second-order valence-electron chi connectivity index (χ2n) is 3.20. The van der Waals surface area contributed by atoms with E-state index in [4.69, 9.17) is 28.9 Å². The van der Waals surface area contributed by atoms with Gasteiger partial charge in [-0.1, -0.05) is 23.2 Å². The van der Waals surface area contributed by atoms with Crippen LogP contribution in [0.4, 0.5) is 5.69 Å². The number of benzene rings is 1. The fourth-order valence-electron chi connectivity index (χ4n) is 1.46. The largest absolute Gasteiger partial charge is 0.396 e. The molecule has 0 fully saturated rings. The van der Waals surface area contributed by atoms with Gasteiger partial charge in [-0.3, -0.25) is 4.68 Å².